The van der Waals surface area contributed by atoms with Crippen LogP contribution in [0.5, 0.6) is 0 Å². The first-order valence-corrected chi connectivity index (χ1v) is 6.13. The lowest BCUT2D eigenvalue weighted by Gasteiger charge is -2.28. The van der Waals surface area contributed by atoms with Crippen LogP contribution in [0.3, 0.4) is 0 Å². The molecule has 1 aliphatic rings. The molecule has 1 heterocycles. The minimum absolute atomic E-state index is 0.147. The fourth-order valence-electron chi connectivity index (χ4n) is 2.10. The molecule has 1 fully saturated rings. The minimum Gasteiger partial charge on any atom is -0.354 e. The molecule has 1 saturated heterocycles. The molecule has 1 N–H and O–H groups in total. The molecule has 0 bridgehead atoms. The van der Waals surface area contributed by atoms with Gasteiger partial charge in [-0.25, -0.2) is 0 Å². The number of ketones is 1. The quantitative estimate of drug-likeness (QED) is 0.482. The van der Waals surface area contributed by atoms with Gasteiger partial charge >= 0.3 is 0 Å². The normalized spacial score (nSPS) is 15.7. The number of rotatable bonds is 2. The second kappa shape index (κ2) is 5.13. The van der Waals surface area contributed by atoms with Gasteiger partial charge in [0, 0.05) is 18.7 Å². The van der Waals surface area contributed by atoms with Crippen LogP contribution in [0.4, 0.5) is 0 Å². The molecular weight excluding hydrogens is 212 g/mol. The SMILES string of the molecule is Cc1ccc(C(=O)C(=N)N2CCCCC2)cc1. The molecule has 90 valence electrons. The summed E-state index contributed by atoms with van der Waals surface area (Å²) in [6.07, 6.45) is 3.38. The predicted molar refractivity (Wildman–Crippen MR) is 68.7 cm³/mol. The zero-order chi connectivity index (χ0) is 12.3. The van der Waals surface area contributed by atoms with E-state index < -0.39 is 0 Å². The number of benzene rings is 1. The van der Waals surface area contributed by atoms with E-state index in [-0.39, 0.29) is 11.6 Å². The van der Waals surface area contributed by atoms with Gasteiger partial charge in [0.25, 0.3) is 0 Å². The van der Waals surface area contributed by atoms with Gasteiger partial charge in [-0.2, -0.15) is 0 Å². The van der Waals surface area contributed by atoms with Crippen LogP contribution in [0.15, 0.2) is 24.3 Å². The maximum absolute atomic E-state index is 12.1. The molecule has 0 unspecified atom stereocenters. The van der Waals surface area contributed by atoms with E-state index in [1.54, 1.807) is 12.1 Å². The number of aryl methyl sites for hydroxylation is 1. The highest BCUT2D eigenvalue weighted by molar-refractivity contribution is 6.43. The highest BCUT2D eigenvalue weighted by Crippen LogP contribution is 2.12. The van der Waals surface area contributed by atoms with Crippen molar-refractivity contribution in [2.24, 2.45) is 0 Å². The van der Waals surface area contributed by atoms with E-state index in [9.17, 15) is 4.79 Å². The second-order valence-corrected chi connectivity index (χ2v) is 4.59. The number of hydrogen-bond donors (Lipinski definition) is 1. The third-order valence-electron chi connectivity index (χ3n) is 3.20. The van der Waals surface area contributed by atoms with E-state index in [4.69, 9.17) is 5.41 Å². The van der Waals surface area contributed by atoms with Gasteiger partial charge in [0.05, 0.1) is 0 Å². The predicted octanol–water partition coefficient (Wildman–Crippen LogP) is 2.64. The van der Waals surface area contributed by atoms with Crippen molar-refractivity contribution in [2.75, 3.05) is 13.1 Å². The summed E-state index contributed by atoms with van der Waals surface area (Å²) in [5.74, 6) is -0.0135. The summed E-state index contributed by atoms with van der Waals surface area (Å²) in [7, 11) is 0. The summed E-state index contributed by atoms with van der Waals surface area (Å²) >= 11 is 0. The molecule has 0 aromatic heterocycles. The molecule has 2 rings (SSSR count). The molecule has 0 atom stereocenters. The lowest BCUT2D eigenvalue weighted by Crippen LogP contribution is -2.39. The molecule has 0 radical (unpaired) electrons. The Morgan fingerprint density at radius 3 is 2.29 bits per heavy atom. The summed E-state index contributed by atoms with van der Waals surface area (Å²) in [6.45, 7) is 3.68. The lowest BCUT2D eigenvalue weighted by atomic mass is 10.1. The Morgan fingerprint density at radius 1 is 1.12 bits per heavy atom. The Kier molecular flexibility index (Phi) is 3.57. The largest absolute Gasteiger partial charge is 0.354 e. The number of piperidine rings is 1. The van der Waals surface area contributed by atoms with E-state index in [0.717, 1.165) is 31.5 Å². The van der Waals surface area contributed by atoms with Gasteiger partial charge < -0.3 is 4.90 Å². The first-order valence-electron chi connectivity index (χ1n) is 6.13. The first kappa shape index (κ1) is 11.8. The number of hydrogen-bond acceptors (Lipinski definition) is 2. The number of carbonyl (C=O) groups is 1. The summed E-state index contributed by atoms with van der Waals surface area (Å²) in [5, 5.41) is 7.96. The molecule has 0 amide bonds. The van der Waals surface area contributed by atoms with Gasteiger partial charge in [-0.3, -0.25) is 10.2 Å². The molecule has 1 aliphatic heterocycles. The monoisotopic (exact) mass is 230 g/mol. The van der Waals surface area contributed by atoms with E-state index in [0.29, 0.717) is 5.56 Å². The Bertz CT molecular complexity index is 416. The fourth-order valence-corrected chi connectivity index (χ4v) is 2.10. The van der Waals surface area contributed by atoms with Crippen LogP contribution in [-0.4, -0.2) is 29.6 Å². The van der Waals surface area contributed by atoms with Crippen LogP contribution in [0.2, 0.25) is 0 Å². The van der Waals surface area contributed by atoms with Crippen molar-refractivity contribution >= 4 is 11.6 Å². The summed E-state index contributed by atoms with van der Waals surface area (Å²) in [4.78, 5) is 14.0. The van der Waals surface area contributed by atoms with Gasteiger partial charge in [0.2, 0.25) is 5.78 Å². The topological polar surface area (TPSA) is 44.2 Å². The Labute approximate surface area is 102 Å². The summed E-state index contributed by atoms with van der Waals surface area (Å²) in [5.41, 5.74) is 1.75. The zero-order valence-corrected chi connectivity index (χ0v) is 10.2. The molecule has 1 aromatic rings. The number of nitrogens with zero attached hydrogens (tertiary/aromatic N) is 1. The van der Waals surface area contributed by atoms with Crippen LogP contribution in [0.1, 0.15) is 35.2 Å². The number of carbonyl (C=O) groups excluding carboxylic acids is 1. The third kappa shape index (κ3) is 2.73. The van der Waals surface area contributed by atoms with Gasteiger partial charge in [-0.05, 0) is 26.2 Å². The van der Waals surface area contributed by atoms with Crippen LogP contribution >= 0.6 is 0 Å². The van der Waals surface area contributed by atoms with Crippen LogP contribution < -0.4 is 0 Å². The smallest absolute Gasteiger partial charge is 0.227 e. The highest BCUT2D eigenvalue weighted by Gasteiger charge is 2.20. The molecule has 17 heavy (non-hydrogen) atoms. The van der Waals surface area contributed by atoms with Crippen LogP contribution in [0.25, 0.3) is 0 Å². The third-order valence-corrected chi connectivity index (χ3v) is 3.20. The van der Waals surface area contributed by atoms with Gasteiger partial charge in [-0.1, -0.05) is 29.8 Å². The first-order chi connectivity index (χ1) is 8.18. The second-order valence-electron chi connectivity index (χ2n) is 4.59. The van der Waals surface area contributed by atoms with Crippen molar-refractivity contribution < 1.29 is 4.79 Å². The van der Waals surface area contributed by atoms with E-state index >= 15 is 0 Å². The molecule has 3 heteroatoms. The molecule has 0 spiro atoms. The summed E-state index contributed by atoms with van der Waals surface area (Å²) < 4.78 is 0. The van der Waals surface area contributed by atoms with Gasteiger partial charge in [-0.15, -0.1) is 0 Å². The zero-order valence-electron chi connectivity index (χ0n) is 10.2. The molecular formula is C14H18N2O. The maximum atomic E-state index is 12.1. The Balaban J connectivity index is 2.08. The van der Waals surface area contributed by atoms with Crippen molar-refractivity contribution in [1.82, 2.24) is 4.90 Å². The lowest BCUT2D eigenvalue weighted by molar-refractivity contribution is 0.104. The molecule has 3 nitrogen and oxygen atoms in total. The number of likely N-dealkylation sites (tertiary alicyclic amines) is 1. The van der Waals surface area contributed by atoms with Crippen molar-refractivity contribution in [1.29, 1.82) is 5.41 Å². The molecule has 1 aromatic carbocycles. The highest BCUT2D eigenvalue weighted by atomic mass is 16.1. The minimum atomic E-state index is -0.160. The maximum Gasteiger partial charge on any atom is 0.227 e. The Morgan fingerprint density at radius 2 is 1.71 bits per heavy atom. The van der Waals surface area contributed by atoms with Crippen molar-refractivity contribution in [2.45, 2.75) is 26.2 Å². The van der Waals surface area contributed by atoms with Gasteiger partial charge in [0.15, 0.2) is 5.84 Å². The average molecular weight is 230 g/mol. The van der Waals surface area contributed by atoms with Crippen LogP contribution in [-0.2, 0) is 0 Å². The molecule has 0 saturated carbocycles. The van der Waals surface area contributed by atoms with Crippen LogP contribution in [0, 0.1) is 12.3 Å². The van der Waals surface area contributed by atoms with E-state index in [2.05, 4.69) is 0 Å². The van der Waals surface area contributed by atoms with Crippen molar-refractivity contribution in [3.63, 3.8) is 0 Å². The fraction of sp³-hybridized carbons (Fsp3) is 0.429. The van der Waals surface area contributed by atoms with E-state index in [1.807, 2.05) is 24.0 Å². The Hall–Kier alpha value is -1.64. The van der Waals surface area contributed by atoms with E-state index in [1.165, 1.54) is 6.42 Å². The van der Waals surface area contributed by atoms with Gasteiger partial charge in [0.1, 0.15) is 0 Å². The van der Waals surface area contributed by atoms with Crippen molar-refractivity contribution in [3.8, 4) is 0 Å². The number of amidine groups is 1. The number of Topliss-reactive ketones (excluding diaryl/α,β-unsaturated/α-hetero) is 1. The molecule has 0 aliphatic carbocycles. The number of nitrogens with one attached hydrogen (secondary N) is 1. The standard InChI is InChI=1S/C14H18N2O/c1-11-5-7-12(8-6-11)13(17)14(15)16-9-3-2-4-10-16/h5-8,15H,2-4,9-10H2,1H3. The summed E-state index contributed by atoms with van der Waals surface area (Å²) in [6, 6.07) is 7.43. The van der Waals surface area contributed by atoms with Crippen molar-refractivity contribution in [3.05, 3.63) is 35.4 Å². The average Bonchev–Trinajstić information content (AvgIpc) is 2.39.